The molecule has 2 aliphatic rings. The summed E-state index contributed by atoms with van der Waals surface area (Å²) in [5, 5.41) is 13.1. The molecule has 36 heavy (non-hydrogen) atoms. The van der Waals surface area contributed by atoms with Crippen LogP contribution in [0.2, 0.25) is 0 Å². The van der Waals surface area contributed by atoms with Crippen molar-refractivity contribution in [3.8, 4) is 23.1 Å². The van der Waals surface area contributed by atoms with Crippen molar-refractivity contribution in [2.45, 2.75) is 25.7 Å². The first kappa shape index (κ1) is 24.2. The molecule has 0 saturated carbocycles. The third kappa shape index (κ3) is 6.20. The number of piperidine rings is 1. The monoisotopic (exact) mass is 483 g/mol. The fourth-order valence-corrected chi connectivity index (χ4v) is 4.88. The number of hydrogen-bond donors (Lipinski definition) is 1. The van der Waals surface area contributed by atoms with Gasteiger partial charge in [0.2, 0.25) is 0 Å². The highest BCUT2D eigenvalue weighted by Crippen LogP contribution is 2.27. The van der Waals surface area contributed by atoms with E-state index in [-0.39, 0.29) is 0 Å². The molecule has 2 saturated heterocycles. The maximum absolute atomic E-state index is 9.72. The van der Waals surface area contributed by atoms with Gasteiger partial charge in [-0.3, -0.25) is 0 Å². The van der Waals surface area contributed by atoms with Crippen LogP contribution in [0, 0.1) is 17.2 Å². The molecule has 0 atom stereocenters. The van der Waals surface area contributed by atoms with Crippen LogP contribution >= 0.6 is 0 Å². The lowest BCUT2D eigenvalue weighted by atomic mass is 9.95. The number of anilines is 1. The highest BCUT2D eigenvalue weighted by atomic mass is 16.5. The van der Waals surface area contributed by atoms with Crippen molar-refractivity contribution in [2.24, 2.45) is 5.92 Å². The van der Waals surface area contributed by atoms with E-state index in [9.17, 15) is 5.26 Å². The molecule has 0 spiro atoms. The minimum absolute atomic E-state index is 0.539. The lowest BCUT2D eigenvalue weighted by Crippen LogP contribution is -2.36. The Kier molecular flexibility index (Phi) is 8.06. The molecule has 3 aromatic rings. The van der Waals surface area contributed by atoms with Crippen LogP contribution in [0.5, 0.6) is 5.75 Å². The zero-order valence-electron chi connectivity index (χ0n) is 20.7. The highest BCUT2D eigenvalue weighted by Gasteiger charge is 2.14. The summed E-state index contributed by atoms with van der Waals surface area (Å²) in [5.74, 6) is 2.10. The van der Waals surface area contributed by atoms with E-state index >= 15 is 0 Å². The standard InChI is InChI=1S/C29H33N5O2/c30-21-25-20-24(3-6-28(25)36-16-10-22-7-11-31-12-8-22)27-9-13-32-29(33-27)19-23-1-4-26(5-2-23)34-14-17-35-18-15-34/h1-6,9,13,20,22,31H,7-8,10-12,14-19H2. The average Bonchev–Trinajstić information content (AvgIpc) is 2.95. The molecule has 2 aromatic carbocycles. The fourth-order valence-electron chi connectivity index (χ4n) is 4.88. The summed E-state index contributed by atoms with van der Waals surface area (Å²) in [5.41, 5.74) is 4.63. The van der Waals surface area contributed by atoms with Gasteiger partial charge in [0.25, 0.3) is 0 Å². The fraction of sp³-hybridized carbons (Fsp3) is 0.414. The predicted octanol–water partition coefficient (Wildman–Crippen LogP) is 4.21. The second-order valence-electron chi connectivity index (χ2n) is 9.45. The Morgan fingerprint density at radius 1 is 1.06 bits per heavy atom. The van der Waals surface area contributed by atoms with Crippen LogP contribution < -0.4 is 15.0 Å². The number of morpholine rings is 1. The molecule has 7 heteroatoms. The molecule has 0 bridgehead atoms. The Labute approximate surface area is 213 Å². The lowest BCUT2D eigenvalue weighted by Gasteiger charge is -2.28. The lowest BCUT2D eigenvalue weighted by molar-refractivity contribution is 0.122. The predicted molar refractivity (Wildman–Crippen MR) is 140 cm³/mol. The Morgan fingerprint density at radius 3 is 2.64 bits per heavy atom. The number of aromatic nitrogens is 2. The highest BCUT2D eigenvalue weighted by molar-refractivity contribution is 5.64. The van der Waals surface area contributed by atoms with Gasteiger partial charge in [-0.15, -0.1) is 0 Å². The van der Waals surface area contributed by atoms with E-state index in [1.54, 1.807) is 6.20 Å². The van der Waals surface area contributed by atoms with E-state index in [2.05, 4.69) is 45.5 Å². The number of nitriles is 1. The number of benzene rings is 2. The maximum atomic E-state index is 9.72. The number of nitrogens with one attached hydrogen (secondary N) is 1. The van der Waals surface area contributed by atoms with Gasteiger partial charge in [0.05, 0.1) is 31.1 Å². The SMILES string of the molecule is N#Cc1cc(-c2ccnc(Cc3ccc(N4CCOCC4)cc3)n2)ccc1OCCC1CCNCC1. The van der Waals surface area contributed by atoms with Crippen LogP contribution in [0.1, 0.15) is 36.2 Å². The average molecular weight is 484 g/mol. The molecule has 5 rings (SSSR count). The molecule has 1 aromatic heterocycles. The van der Waals surface area contributed by atoms with E-state index in [1.807, 2.05) is 24.3 Å². The Morgan fingerprint density at radius 2 is 1.86 bits per heavy atom. The molecular formula is C29H33N5O2. The third-order valence-electron chi connectivity index (χ3n) is 7.02. The topological polar surface area (TPSA) is 83.3 Å². The smallest absolute Gasteiger partial charge is 0.137 e. The van der Waals surface area contributed by atoms with E-state index in [0.29, 0.717) is 30.3 Å². The Hall–Kier alpha value is -3.47. The minimum atomic E-state index is 0.539. The van der Waals surface area contributed by atoms with Gasteiger partial charge in [-0.2, -0.15) is 5.26 Å². The number of hydrogen-bond acceptors (Lipinski definition) is 7. The van der Waals surface area contributed by atoms with E-state index in [0.717, 1.165) is 62.9 Å². The van der Waals surface area contributed by atoms with Crippen molar-refractivity contribution in [3.63, 3.8) is 0 Å². The van der Waals surface area contributed by atoms with Gasteiger partial charge in [-0.05, 0) is 80.2 Å². The van der Waals surface area contributed by atoms with E-state index < -0.39 is 0 Å². The minimum Gasteiger partial charge on any atom is -0.492 e. The molecule has 186 valence electrons. The van der Waals surface area contributed by atoms with E-state index in [4.69, 9.17) is 14.5 Å². The van der Waals surface area contributed by atoms with Gasteiger partial charge >= 0.3 is 0 Å². The first-order chi connectivity index (χ1) is 17.8. The summed E-state index contributed by atoms with van der Waals surface area (Å²) in [6.07, 6.45) is 5.86. The second kappa shape index (κ2) is 12.0. The quantitative estimate of drug-likeness (QED) is 0.514. The van der Waals surface area contributed by atoms with Gasteiger partial charge < -0.3 is 19.7 Å². The van der Waals surface area contributed by atoms with Crippen molar-refractivity contribution in [1.29, 1.82) is 5.26 Å². The molecule has 0 unspecified atom stereocenters. The molecular weight excluding hydrogens is 450 g/mol. The third-order valence-corrected chi connectivity index (χ3v) is 7.02. The second-order valence-corrected chi connectivity index (χ2v) is 9.45. The summed E-state index contributed by atoms with van der Waals surface area (Å²) in [6, 6.07) is 18.5. The summed E-state index contributed by atoms with van der Waals surface area (Å²) in [7, 11) is 0. The van der Waals surface area contributed by atoms with Gasteiger partial charge in [0, 0.05) is 37.0 Å². The van der Waals surface area contributed by atoms with Crippen LogP contribution in [-0.2, 0) is 11.2 Å². The van der Waals surface area contributed by atoms with Crippen molar-refractivity contribution >= 4 is 5.69 Å². The zero-order valence-corrected chi connectivity index (χ0v) is 20.7. The molecule has 0 aliphatic carbocycles. The largest absolute Gasteiger partial charge is 0.492 e. The van der Waals surface area contributed by atoms with Crippen molar-refractivity contribution in [2.75, 3.05) is 50.9 Å². The molecule has 0 amide bonds. The van der Waals surface area contributed by atoms with E-state index in [1.165, 1.54) is 24.1 Å². The van der Waals surface area contributed by atoms with Crippen molar-refractivity contribution in [1.82, 2.24) is 15.3 Å². The Bertz CT molecular complexity index is 1180. The number of rotatable bonds is 8. The van der Waals surface area contributed by atoms with Gasteiger partial charge in [-0.1, -0.05) is 12.1 Å². The van der Waals surface area contributed by atoms with Gasteiger partial charge in [0.15, 0.2) is 0 Å². The maximum Gasteiger partial charge on any atom is 0.137 e. The number of nitrogens with zero attached hydrogens (tertiary/aromatic N) is 4. The van der Waals surface area contributed by atoms with Crippen LogP contribution in [-0.4, -0.2) is 56.0 Å². The van der Waals surface area contributed by atoms with Crippen molar-refractivity contribution in [3.05, 3.63) is 71.7 Å². The van der Waals surface area contributed by atoms with Crippen LogP contribution in [0.15, 0.2) is 54.7 Å². The summed E-state index contributed by atoms with van der Waals surface area (Å²) in [6.45, 7) is 6.23. The van der Waals surface area contributed by atoms with Crippen LogP contribution in [0.4, 0.5) is 5.69 Å². The van der Waals surface area contributed by atoms with Crippen LogP contribution in [0.3, 0.4) is 0 Å². The first-order valence-electron chi connectivity index (χ1n) is 12.9. The zero-order chi connectivity index (χ0) is 24.6. The molecule has 3 heterocycles. The van der Waals surface area contributed by atoms with Crippen LogP contribution in [0.25, 0.3) is 11.3 Å². The summed E-state index contributed by atoms with van der Waals surface area (Å²) < 4.78 is 11.4. The molecule has 2 aliphatic heterocycles. The molecule has 0 radical (unpaired) electrons. The molecule has 1 N–H and O–H groups in total. The Balaban J connectivity index is 1.23. The molecule has 2 fully saturated rings. The number of ether oxygens (including phenoxy) is 2. The summed E-state index contributed by atoms with van der Waals surface area (Å²) >= 11 is 0. The van der Waals surface area contributed by atoms with Crippen molar-refractivity contribution < 1.29 is 9.47 Å². The first-order valence-corrected chi connectivity index (χ1v) is 12.9. The van der Waals surface area contributed by atoms with Gasteiger partial charge in [0.1, 0.15) is 17.6 Å². The normalized spacial score (nSPS) is 16.5. The summed E-state index contributed by atoms with van der Waals surface area (Å²) in [4.78, 5) is 11.6. The molecule has 7 nitrogen and oxygen atoms in total. The van der Waals surface area contributed by atoms with Gasteiger partial charge in [-0.25, -0.2) is 9.97 Å².